The van der Waals surface area contributed by atoms with E-state index < -0.39 is 6.29 Å². The maximum Gasteiger partial charge on any atom is 0.326 e. The molecule has 0 aromatic rings. The normalized spacial score (nSPS) is 43.4. The van der Waals surface area contributed by atoms with Gasteiger partial charge in [-0.1, -0.05) is 0 Å². The van der Waals surface area contributed by atoms with E-state index in [0.717, 1.165) is 0 Å². The van der Waals surface area contributed by atoms with Crippen molar-refractivity contribution in [1.29, 1.82) is 0 Å². The summed E-state index contributed by atoms with van der Waals surface area (Å²) >= 11 is 0. The molecule has 5 heteroatoms. The minimum absolute atomic E-state index is 0.244. The Hall–Kier alpha value is -0.650. The molecule has 2 aliphatic heterocycles. The van der Waals surface area contributed by atoms with Crippen LogP contribution in [0, 0.1) is 0 Å². The van der Waals surface area contributed by atoms with E-state index in [4.69, 9.17) is 14.6 Å². The average molecular weight is 159 g/mol. The molecule has 62 valence electrons. The molecule has 2 heterocycles. The topological polar surface area (TPSA) is 67.8 Å². The highest BCUT2D eigenvalue weighted by Gasteiger charge is 2.41. The van der Waals surface area contributed by atoms with Gasteiger partial charge in [-0.25, -0.2) is 0 Å². The minimum atomic E-state index is -0.814. The van der Waals surface area contributed by atoms with Gasteiger partial charge >= 0.3 is 5.97 Å². The van der Waals surface area contributed by atoms with Crippen LogP contribution in [-0.2, 0) is 14.3 Å². The maximum absolute atomic E-state index is 10.9. The fraction of sp³-hybridized carbons (Fsp3) is 0.833. The number of esters is 1. The summed E-state index contributed by atoms with van der Waals surface area (Å²) in [5, 5.41) is 11.8. The standard InChI is InChI=1S/C6H9NO4/c8-4-1-7-5-3(11-4)2-10-6(5)9/h3-5,7-8H,1-2H2. The molecule has 0 spiro atoms. The van der Waals surface area contributed by atoms with E-state index in [-0.39, 0.29) is 31.3 Å². The zero-order chi connectivity index (χ0) is 7.84. The van der Waals surface area contributed by atoms with Crippen molar-refractivity contribution in [2.45, 2.75) is 18.4 Å². The molecule has 2 saturated heterocycles. The SMILES string of the molecule is O=C1OCC2OC(O)CNC12. The molecule has 0 radical (unpaired) electrons. The number of fused-ring (bicyclic) bond motifs is 1. The van der Waals surface area contributed by atoms with Crippen LogP contribution >= 0.6 is 0 Å². The number of carbonyl (C=O) groups excluding carboxylic acids is 1. The largest absolute Gasteiger partial charge is 0.462 e. The Bertz CT molecular complexity index is 183. The second kappa shape index (κ2) is 2.44. The third-order valence-corrected chi connectivity index (χ3v) is 1.86. The second-order valence-corrected chi connectivity index (χ2v) is 2.65. The lowest BCUT2D eigenvalue weighted by atomic mass is 10.2. The molecule has 3 atom stereocenters. The Morgan fingerprint density at radius 2 is 2.45 bits per heavy atom. The Balaban J connectivity index is 2.06. The molecule has 0 aromatic heterocycles. The predicted molar refractivity (Wildman–Crippen MR) is 33.6 cm³/mol. The van der Waals surface area contributed by atoms with Gasteiger partial charge in [0.2, 0.25) is 0 Å². The number of hydrogen-bond acceptors (Lipinski definition) is 5. The number of rotatable bonds is 0. The number of aliphatic hydroxyl groups is 1. The van der Waals surface area contributed by atoms with E-state index in [2.05, 4.69) is 5.32 Å². The highest BCUT2D eigenvalue weighted by molar-refractivity contribution is 5.78. The summed E-state index contributed by atoms with van der Waals surface area (Å²) in [6.45, 7) is 0.532. The minimum Gasteiger partial charge on any atom is -0.462 e. The van der Waals surface area contributed by atoms with Crippen molar-refractivity contribution in [2.75, 3.05) is 13.2 Å². The number of morpholine rings is 1. The molecule has 2 fully saturated rings. The number of aliphatic hydroxyl groups excluding tert-OH is 1. The third-order valence-electron chi connectivity index (χ3n) is 1.86. The Kier molecular flexibility index (Phi) is 1.56. The quantitative estimate of drug-likeness (QED) is 0.409. The van der Waals surface area contributed by atoms with Gasteiger partial charge in [0.15, 0.2) is 6.29 Å². The van der Waals surface area contributed by atoms with Crippen LogP contribution in [0.15, 0.2) is 0 Å². The summed E-state index contributed by atoms with van der Waals surface area (Å²) in [6, 6.07) is -0.376. The summed E-state index contributed by atoms with van der Waals surface area (Å²) in [6.07, 6.45) is -1.13. The van der Waals surface area contributed by atoms with Crippen molar-refractivity contribution in [1.82, 2.24) is 5.32 Å². The van der Waals surface area contributed by atoms with Crippen molar-refractivity contribution in [3.8, 4) is 0 Å². The van der Waals surface area contributed by atoms with Crippen molar-refractivity contribution in [3.63, 3.8) is 0 Å². The summed E-state index contributed by atoms with van der Waals surface area (Å²) in [7, 11) is 0. The van der Waals surface area contributed by atoms with Crippen LogP contribution in [0.1, 0.15) is 0 Å². The summed E-state index contributed by atoms with van der Waals surface area (Å²) in [5.41, 5.74) is 0. The zero-order valence-corrected chi connectivity index (χ0v) is 5.82. The Labute approximate surface area is 63.3 Å². The second-order valence-electron chi connectivity index (χ2n) is 2.65. The van der Waals surface area contributed by atoms with Crippen LogP contribution in [0.3, 0.4) is 0 Å². The molecule has 0 aromatic carbocycles. The van der Waals surface area contributed by atoms with Crippen LogP contribution in [0.4, 0.5) is 0 Å². The third kappa shape index (κ3) is 1.11. The van der Waals surface area contributed by atoms with Gasteiger partial charge in [0.05, 0.1) is 0 Å². The van der Waals surface area contributed by atoms with Gasteiger partial charge < -0.3 is 14.6 Å². The van der Waals surface area contributed by atoms with Gasteiger partial charge in [0.1, 0.15) is 18.8 Å². The lowest BCUT2D eigenvalue weighted by molar-refractivity contribution is -0.159. The van der Waals surface area contributed by atoms with Crippen LogP contribution in [0.25, 0.3) is 0 Å². The maximum atomic E-state index is 10.9. The first-order valence-corrected chi connectivity index (χ1v) is 3.51. The molecule has 0 saturated carbocycles. The summed E-state index contributed by atoms with van der Waals surface area (Å²) in [5.74, 6) is -0.290. The Morgan fingerprint density at radius 3 is 3.27 bits per heavy atom. The predicted octanol–water partition coefficient (Wildman–Crippen LogP) is -1.78. The van der Waals surface area contributed by atoms with Crippen LogP contribution in [0.2, 0.25) is 0 Å². The lowest BCUT2D eigenvalue weighted by Gasteiger charge is -2.26. The molecule has 0 aliphatic carbocycles. The molecule has 2 N–H and O–H groups in total. The Morgan fingerprint density at radius 1 is 1.64 bits per heavy atom. The van der Waals surface area contributed by atoms with E-state index in [1.807, 2.05) is 0 Å². The number of carbonyl (C=O) groups is 1. The molecular weight excluding hydrogens is 150 g/mol. The molecule has 0 amide bonds. The van der Waals surface area contributed by atoms with Crippen molar-refractivity contribution >= 4 is 5.97 Å². The van der Waals surface area contributed by atoms with Gasteiger partial charge in [-0.2, -0.15) is 0 Å². The van der Waals surface area contributed by atoms with E-state index in [0.29, 0.717) is 0 Å². The van der Waals surface area contributed by atoms with Crippen molar-refractivity contribution in [3.05, 3.63) is 0 Å². The number of nitrogens with one attached hydrogen (secondary N) is 1. The number of hydrogen-bond donors (Lipinski definition) is 2. The highest BCUT2D eigenvalue weighted by Crippen LogP contribution is 2.16. The first kappa shape index (κ1) is 7.02. The van der Waals surface area contributed by atoms with Gasteiger partial charge in [0, 0.05) is 6.54 Å². The number of ether oxygens (including phenoxy) is 2. The first-order valence-electron chi connectivity index (χ1n) is 3.51. The molecule has 5 nitrogen and oxygen atoms in total. The van der Waals surface area contributed by atoms with Gasteiger partial charge in [-0.3, -0.25) is 10.1 Å². The average Bonchev–Trinajstić information content (AvgIpc) is 2.32. The van der Waals surface area contributed by atoms with E-state index in [1.54, 1.807) is 0 Å². The molecule has 2 rings (SSSR count). The van der Waals surface area contributed by atoms with Crippen LogP contribution < -0.4 is 5.32 Å². The smallest absolute Gasteiger partial charge is 0.326 e. The molecule has 2 aliphatic rings. The molecule has 0 bridgehead atoms. The monoisotopic (exact) mass is 159 g/mol. The fourth-order valence-corrected chi connectivity index (χ4v) is 1.31. The molecule has 11 heavy (non-hydrogen) atoms. The number of β-amino-alcohol motifs (C(OH)–C–C–N with tert-alkyl or cyclic N) is 1. The van der Waals surface area contributed by atoms with E-state index in [9.17, 15) is 4.79 Å². The number of cyclic esters (lactones) is 1. The summed E-state index contributed by atoms with van der Waals surface area (Å²) < 4.78 is 9.74. The first-order chi connectivity index (χ1) is 5.27. The van der Waals surface area contributed by atoms with Crippen LogP contribution in [-0.4, -0.2) is 42.7 Å². The highest BCUT2D eigenvalue weighted by atomic mass is 16.6. The molecule has 3 unspecified atom stereocenters. The van der Waals surface area contributed by atoms with Gasteiger partial charge in [-0.05, 0) is 0 Å². The fourth-order valence-electron chi connectivity index (χ4n) is 1.31. The van der Waals surface area contributed by atoms with Crippen molar-refractivity contribution < 1.29 is 19.4 Å². The summed E-state index contributed by atoms with van der Waals surface area (Å²) in [4.78, 5) is 10.9. The van der Waals surface area contributed by atoms with E-state index >= 15 is 0 Å². The molecular formula is C6H9NO4. The lowest BCUT2D eigenvalue weighted by Crippen LogP contribution is -2.53. The van der Waals surface area contributed by atoms with E-state index in [1.165, 1.54) is 0 Å². The zero-order valence-electron chi connectivity index (χ0n) is 5.82. The van der Waals surface area contributed by atoms with Gasteiger partial charge in [-0.15, -0.1) is 0 Å². The van der Waals surface area contributed by atoms with Crippen LogP contribution in [0.5, 0.6) is 0 Å². The van der Waals surface area contributed by atoms with Gasteiger partial charge in [0.25, 0.3) is 0 Å². The van der Waals surface area contributed by atoms with Crippen molar-refractivity contribution in [2.24, 2.45) is 0 Å².